The lowest BCUT2D eigenvalue weighted by atomic mass is 9.96. The van der Waals surface area contributed by atoms with Crippen molar-refractivity contribution < 1.29 is 4.52 Å². The third kappa shape index (κ3) is 1.88. The van der Waals surface area contributed by atoms with Crippen molar-refractivity contribution in [2.24, 2.45) is 0 Å². The smallest absolute Gasteiger partial charge is 0.278 e. The minimum Gasteiger partial charge on any atom is -0.397 e. The van der Waals surface area contributed by atoms with E-state index in [1.807, 2.05) is 20.8 Å². The Labute approximate surface area is 93.7 Å². The summed E-state index contributed by atoms with van der Waals surface area (Å²) in [6.07, 6.45) is 1.65. The third-order valence-electron chi connectivity index (χ3n) is 2.14. The fourth-order valence-electron chi connectivity index (χ4n) is 1.22. The van der Waals surface area contributed by atoms with Gasteiger partial charge in [-0.2, -0.15) is 4.98 Å². The van der Waals surface area contributed by atoms with Crippen LogP contribution in [0.1, 0.15) is 26.6 Å². The molecule has 0 aliphatic carbocycles. The molecule has 2 aromatic heterocycles. The Morgan fingerprint density at radius 2 is 2.06 bits per heavy atom. The number of anilines is 1. The molecule has 0 bridgehead atoms. The van der Waals surface area contributed by atoms with Crippen LogP contribution in [0.2, 0.25) is 0 Å². The van der Waals surface area contributed by atoms with E-state index in [4.69, 9.17) is 10.3 Å². The number of aromatic nitrogens is 3. The molecule has 0 aliphatic rings. The Morgan fingerprint density at radius 3 is 2.62 bits per heavy atom. The molecular weight excluding hydrogens is 204 g/mol. The highest BCUT2D eigenvalue weighted by atomic mass is 16.5. The minimum atomic E-state index is -0.148. The highest BCUT2D eigenvalue weighted by Crippen LogP contribution is 2.25. The maximum absolute atomic E-state index is 5.78. The van der Waals surface area contributed by atoms with Gasteiger partial charge in [0.05, 0.1) is 5.69 Å². The fraction of sp³-hybridized carbons (Fsp3) is 0.364. The minimum absolute atomic E-state index is 0.148. The largest absolute Gasteiger partial charge is 0.397 e. The second-order valence-electron chi connectivity index (χ2n) is 4.61. The monoisotopic (exact) mass is 218 g/mol. The van der Waals surface area contributed by atoms with Crippen molar-refractivity contribution in [3.8, 4) is 11.6 Å². The molecule has 16 heavy (non-hydrogen) atoms. The van der Waals surface area contributed by atoms with Gasteiger partial charge in [0.25, 0.3) is 5.89 Å². The number of hydrogen-bond acceptors (Lipinski definition) is 5. The predicted octanol–water partition coefficient (Wildman–Crippen LogP) is 2.01. The molecule has 2 rings (SSSR count). The van der Waals surface area contributed by atoms with Crippen LogP contribution in [-0.2, 0) is 5.41 Å². The van der Waals surface area contributed by atoms with Gasteiger partial charge in [-0.1, -0.05) is 25.9 Å². The van der Waals surface area contributed by atoms with E-state index in [2.05, 4.69) is 15.1 Å². The number of nitrogen functional groups attached to an aromatic ring is 1. The van der Waals surface area contributed by atoms with Crippen LogP contribution in [0.5, 0.6) is 0 Å². The van der Waals surface area contributed by atoms with E-state index in [1.54, 1.807) is 18.3 Å². The lowest BCUT2D eigenvalue weighted by Crippen LogP contribution is -2.13. The molecule has 0 unspecified atom stereocenters. The standard InChI is InChI=1S/C11H14N4O/c1-11(2,3)10-14-9(16-15-10)8-7(12)5-4-6-13-8/h4-6H,12H2,1-3H3. The molecule has 2 N–H and O–H groups in total. The summed E-state index contributed by atoms with van der Waals surface area (Å²) in [6.45, 7) is 6.05. The zero-order valence-corrected chi connectivity index (χ0v) is 9.56. The zero-order chi connectivity index (χ0) is 11.8. The molecule has 0 spiro atoms. The third-order valence-corrected chi connectivity index (χ3v) is 2.14. The zero-order valence-electron chi connectivity index (χ0n) is 9.56. The van der Waals surface area contributed by atoms with E-state index in [9.17, 15) is 0 Å². The van der Waals surface area contributed by atoms with Crippen LogP contribution in [0.15, 0.2) is 22.9 Å². The summed E-state index contributed by atoms with van der Waals surface area (Å²) in [4.78, 5) is 8.41. The molecule has 84 valence electrons. The van der Waals surface area contributed by atoms with Crippen LogP contribution in [0.25, 0.3) is 11.6 Å². The molecule has 0 saturated carbocycles. The number of nitrogens with zero attached hydrogens (tertiary/aromatic N) is 3. The van der Waals surface area contributed by atoms with Gasteiger partial charge in [0.2, 0.25) is 0 Å². The van der Waals surface area contributed by atoms with Crippen molar-refractivity contribution in [2.45, 2.75) is 26.2 Å². The first kappa shape index (κ1) is 10.6. The topological polar surface area (TPSA) is 77.8 Å². The highest BCUT2D eigenvalue weighted by molar-refractivity contribution is 5.65. The fourth-order valence-corrected chi connectivity index (χ4v) is 1.22. The number of rotatable bonds is 1. The lowest BCUT2D eigenvalue weighted by Gasteiger charge is -2.10. The van der Waals surface area contributed by atoms with Crippen LogP contribution in [0.4, 0.5) is 5.69 Å². The molecule has 0 aliphatic heterocycles. The van der Waals surface area contributed by atoms with E-state index >= 15 is 0 Å². The molecule has 0 aromatic carbocycles. The Morgan fingerprint density at radius 1 is 1.31 bits per heavy atom. The highest BCUT2D eigenvalue weighted by Gasteiger charge is 2.22. The van der Waals surface area contributed by atoms with Crippen LogP contribution in [-0.4, -0.2) is 15.1 Å². The molecule has 0 fully saturated rings. The summed E-state index contributed by atoms with van der Waals surface area (Å²) in [5.41, 5.74) is 6.70. The lowest BCUT2D eigenvalue weighted by molar-refractivity contribution is 0.401. The van der Waals surface area contributed by atoms with E-state index in [-0.39, 0.29) is 5.41 Å². The predicted molar refractivity (Wildman–Crippen MR) is 60.6 cm³/mol. The van der Waals surface area contributed by atoms with Crippen molar-refractivity contribution in [2.75, 3.05) is 5.73 Å². The van der Waals surface area contributed by atoms with Crippen molar-refractivity contribution in [1.29, 1.82) is 0 Å². The Kier molecular flexibility index (Phi) is 2.38. The average Bonchev–Trinajstić information content (AvgIpc) is 2.66. The van der Waals surface area contributed by atoms with Gasteiger partial charge in [0.1, 0.15) is 0 Å². The van der Waals surface area contributed by atoms with Gasteiger partial charge in [-0.05, 0) is 12.1 Å². The van der Waals surface area contributed by atoms with Crippen LogP contribution in [0, 0.1) is 0 Å². The van der Waals surface area contributed by atoms with Gasteiger partial charge in [0.15, 0.2) is 11.5 Å². The van der Waals surface area contributed by atoms with Gasteiger partial charge in [-0.15, -0.1) is 0 Å². The maximum Gasteiger partial charge on any atom is 0.278 e. The van der Waals surface area contributed by atoms with Crippen molar-refractivity contribution in [3.05, 3.63) is 24.2 Å². The molecule has 5 nitrogen and oxygen atoms in total. The van der Waals surface area contributed by atoms with E-state index in [0.29, 0.717) is 23.1 Å². The number of hydrogen-bond donors (Lipinski definition) is 1. The Balaban J connectivity index is 2.44. The molecule has 0 amide bonds. The molecular formula is C11H14N4O. The molecule has 2 heterocycles. The van der Waals surface area contributed by atoms with E-state index in [0.717, 1.165) is 0 Å². The first-order chi connectivity index (χ1) is 7.48. The van der Waals surface area contributed by atoms with Crippen molar-refractivity contribution >= 4 is 5.69 Å². The summed E-state index contributed by atoms with van der Waals surface area (Å²) < 4.78 is 5.15. The molecule has 0 saturated heterocycles. The van der Waals surface area contributed by atoms with Gasteiger partial charge in [-0.3, -0.25) is 0 Å². The summed E-state index contributed by atoms with van der Waals surface area (Å²) in [6, 6.07) is 3.52. The van der Waals surface area contributed by atoms with E-state index < -0.39 is 0 Å². The molecule has 0 atom stereocenters. The van der Waals surface area contributed by atoms with Gasteiger partial charge in [-0.25, -0.2) is 4.98 Å². The quantitative estimate of drug-likeness (QED) is 0.792. The summed E-state index contributed by atoms with van der Waals surface area (Å²) in [7, 11) is 0. The SMILES string of the molecule is CC(C)(C)c1noc(-c2ncccc2N)n1. The second kappa shape index (κ2) is 3.59. The molecule has 0 radical (unpaired) electrons. The first-order valence-electron chi connectivity index (χ1n) is 5.03. The van der Waals surface area contributed by atoms with Gasteiger partial charge in [0, 0.05) is 11.6 Å². The second-order valence-corrected chi connectivity index (χ2v) is 4.61. The summed E-state index contributed by atoms with van der Waals surface area (Å²) in [5.74, 6) is 1.01. The van der Waals surface area contributed by atoms with Crippen LogP contribution < -0.4 is 5.73 Å². The van der Waals surface area contributed by atoms with Crippen LogP contribution >= 0.6 is 0 Å². The van der Waals surface area contributed by atoms with Gasteiger partial charge < -0.3 is 10.3 Å². The number of pyridine rings is 1. The Bertz CT molecular complexity index is 499. The van der Waals surface area contributed by atoms with Crippen LogP contribution in [0.3, 0.4) is 0 Å². The summed E-state index contributed by atoms with van der Waals surface area (Å²) in [5, 5.41) is 3.92. The maximum atomic E-state index is 5.78. The summed E-state index contributed by atoms with van der Waals surface area (Å²) >= 11 is 0. The Hall–Kier alpha value is -1.91. The first-order valence-corrected chi connectivity index (χ1v) is 5.03. The van der Waals surface area contributed by atoms with Gasteiger partial charge >= 0.3 is 0 Å². The van der Waals surface area contributed by atoms with Crippen molar-refractivity contribution in [3.63, 3.8) is 0 Å². The molecule has 2 aromatic rings. The molecule has 5 heteroatoms. The van der Waals surface area contributed by atoms with Crippen molar-refractivity contribution in [1.82, 2.24) is 15.1 Å². The van der Waals surface area contributed by atoms with E-state index in [1.165, 1.54) is 0 Å². The number of nitrogens with two attached hydrogens (primary N) is 1. The average molecular weight is 218 g/mol. The normalized spacial score (nSPS) is 11.7.